The highest BCUT2D eigenvalue weighted by atomic mass is 16.3. The van der Waals surface area contributed by atoms with E-state index in [1.165, 1.54) is 13.8 Å². The molecule has 9 aromatic rings. The Morgan fingerprint density at radius 3 is 1.87 bits per heavy atom. The van der Waals surface area contributed by atoms with Gasteiger partial charge in [0.15, 0.2) is 0 Å². The van der Waals surface area contributed by atoms with Crippen LogP contribution >= 0.6 is 0 Å². The summed E-state index contributed by atoms with van der Waals surface area (Å²) >= 11 is 0. The van der Waals surface area contributed by atoms with Crippen molar-refractivity contribution in [3.05, 3.63) is 156 Å². The predicted octanol–water partition coefficient (Wildman–Crippen LogP) is 12.7. The maximum absolute atomic E-state index is 9.56. The van der Waals surface area contributed by atoms with Crippen molar-refractivity contribution < 1.29 is 37.3 Å². The van der Waals surface area contributed by atoms with E-state index in [1.807, 2.05) is 0 Å². The van der Waals surface area contributed by atoms with Crippen LogP contribution in [0.5, 0.6) is 0 Å². The molecule has 0 amide bonds. The van der Waals surface area contributed by atoms with E-state index in [1.54, 1.807) is 0 Å². The predicted molar refractivity (Wildman–Crippen MR) is 192 cm³/mol. The van der Waals surface area contributed by atoms with Gasteiger partial charge < -0.3 is 4.42 Å². The summed E-state index contributed by atoms with van der Waals surface area (Å²) in [5.74, 6) is 0. The summed E-state index contributed by atoms with van der Waals surface area (Å²) in [6.45, 7) is 2.65. The van der Waals surface area contributed by atoms with E-state index in [2.05, 4.69) is 0 Å². The Bertz CT molecular complexity index is 3830. The fourth-order valence-electron chi connectivity index (χ4n) is 5.48. The molecule has 0 N–H and O–H groups in total. The molecule has 0 fully saturated rings. The number of hydrogen-bond donors (Lipinski definition) is 0. The molecule has 0 radical (unpaired) electrons. The van der Waals surface area contributed by atoms with E-state index in [0.717, 1.165) is 0 Å². The SMILES string of the molecule is [2H]c1c([2H])c([2H])c(-c2c3c([2H])c([2H])c([2H])c([2H])c3c(-c3c([2H])c([2H])c(-c4c([2H])c([2H])c5oc6c([2H])c7c([2H])c([2H])c([2H])c([2H])c7c([2H])c6c5c4[2H])c([2H])c3[2H])c3c([2H])c([2H])c(C)c([2H])c23)c(C)c1[2H]. The third-order valence-corrected chi connectivity index (χ3v) is 7.51. The Labute approximate surface area is 295 Å². The van der Waals surface area contributed by atoms with Crippen LogP contribution in [0.15, 0.2) is 149 Å². The van der Waals surface area contributed by atoms with E-state index in [9.17, 15) is 12.3 Å². The quantitative estimate of drug-likeness (QED) is 0.184. The van der Waals surface area contributed by atoms with Crippen molar-refractivity contribution in [1.82, 2.24) is 0 Å². The zero-order valence-corrected chi connectivity index (χ0v) is 23.4. The first-order valence-corrected chi connectivity index (χ1v) is 13.7. The lowest BCUT2D eigenvalue weighted by Gasteiger charge is -2.19. The van der Waals surface area contributed by atoms with Crippen LogP contribution in [-0.4, -0.2) is 0 Å². The van der Waals surface area contributed by atoms with Crippen molar-refractivity contribution in [3.63, 3.8) is 0 Å². The number of furan rings is 1. The number of rotatable bonds is 3. The molecule has 9 rings (SSSR count). The molecule has 0 atom stereocenters. The molecule has 45 heavy (non-hydrogen) atoms. The lowest BCUT2D eigenvalue weighted by molar-refractivity contribution is 0.669. The first-order valence-electron chi connectivity index (χ1n) is 25.7. The average molecular weight is 599 g/mol. The molecule has 0 aliphatic rings. The summed E-state index contributed by atoms with van der Waals surface area (Å²) < 4.78 is 221. The van der Waals surface area contributed by atoms with Crippen LogP contribution < -0.4 is 0 Å². The fraction of sp³-hybridized carbons (Fsp3) is 0.0455. The van der Waals surface area contributed by atoms with Gasteiger partial charge in [-0.1, -0.05) is 126 Å². The first kappa shape index (κ1) is 11.4. The van der Waals surface area contributed by atoms with Gasteiger partial charge in [0.25, 0.3) is 0 Å². The molecule has 1 heteroatoms. The summed E-state index contributed by atoms with van der Waals surface area (Å²) in [6, 6.07) is -18.2. The molecule has 0 aliphatic carbocycles. The fourth-order valence-corrected chi connectivity index (χ4v) is 5.48. The number of fused-ring (bicyclic) bond motifs is 6. The van der Waals surface area contributed by atoms with Crippen LogP contribution in [-0.2, 0) is 0 Å². The van der Waals surface area contributed by atoms with Crippen LogP contribution in [0.2, 0.25) is 0 Å². The van der Waals surface area contributed by atoms with Gasteiger partial charge >= 0.3 is 0 Å². The van der Waals surface area contributed by atoms with Crippen LogP contribution in [0.1, 0.15) is 44.0 Å². The summed E-state index contributed by atoms with van der Waals surface area (Å²) in [4.78, 5) is 0. The Morgan fingerprint density at radius 2 is 1.04 bits per heavy atom. The van der Waals surface area contributed by atoms with Crippen LogP contribution in [0.25, 0.3) is 87.6 Å². The van der Waals surface area contributed by atoms with Gasteiger partial charge in [-0.3, -0.25) is 0 Å². The summed E-state index contributed by atoms with van der Waals surface area (Å²) in [5.41, 5.74) is -4.64. The minimum absolute atomic E-state index is 0.112. The maximum atomic E-state index is 9.56. The maximum Gasteiger partial charge on any atom is 0.136 e. The lowest BCUT2D eigenvalue weighted by Crippen LogP contribution is -1.93. The molecule has 212 valence electrons. The first-order chi connectivity index (χ1) is 32.2. The standard InChI is InChI=1S/C44H30O/c1-27-15-21-37-40(23-27)44(34-12-6-3-9-28(34)2)36-14-8-7-13-35(36)43(37)30-18-16-29(17-19-30)33-20-22-41-38(25-33)39-24-31-10-4-5-11-32(31)26-42(39)45-41/h3-26H,1-2H3/i3D,4D,5D,6D,7D,8D,9D,10D,11D,12D,13D,14D,15D,16D,17D,18D,19D,20D,21D,22D,23D,24D,25D,26D. The average Bonchev–Trinajstić information content (AvgIpc) is 3.74. The smallest absolute Gasteiger partial charge is 0.136 e. The number of benzene rings is 8. The van der Waals surface area contributed by atoms with Crippen molar-refractivity contribution in [2.75, 3.05) is 0 Å². The van der Waals surface area contributed by atoms with E-state index in [4.69, 9.17) is 25.0 Å². The highest BCUT2D eigenvalue weighted by Crippen LogP contribution is 2.45. The summed E-state index contributed by atoms with van der Waals surface area (Å²) in [7, 11) is 0. The molecule has 0 unspecified atom stereocenters. The largest absolute Gasteiger partial charge is 0.456 e. The molecule has 1 aromatic heterocycles. The van der Waals surface area contributed by atoms with Gasteiger partial charge in [-0.25, -0.2) is 0 Å². The topological polar surface area (TPSA) is 13.1 Å². The molecule has 1 nitrogen and oxygen atoms in total. The van der Waals surface area contributed by atoms with E-state index < -0.39 is 205 Å². The van der Waals surface area contributed by atoms with Gasteiger partial charge in [0.05, 0.1) is 32.9 Å². The third kappa shape index (κ3) is 4.08. The highest BCUT2D eigenvalue weighted by Gasteiger charge is 2.18. The van der Waals surface area contributed by atoms with Crippen molar-refractivity contribution in [2.45, 2.75) is 13.8 Å². The van der Waals surface area contributed by atoms with Gasteiger partial charge in [-0.05, 0) is 109 Å². The minimum atomic E-state index is -0.985. The van der Waals surface area contributed by atoms with E-state index in [0.29, 0.717) is 0 Å². The molecule has 0 saturated carbocycles. The molecule has 1 heterocycles. The second-order valence-electron chi connectivity index (χ2n) is 10.3. The van der Waals surface area contributed by atoms with E-state index >= 15 is 0 Å². The van der Waals surface area contributed by atoms with Crippen molar-refractivity contribution in [1.29, 1.82) is 0 Å². The van der Waals surface area contributed by atoms with Gasteiger partial charge in [0.2, 0.25) is 0 Å². The van der Waals surface area contributed by atoms with Gasteiger partial charge in [0, 0.05) is 10.8 Å². The Kier molecular flexibility index (Phi) is 2.51. The van der Waals surface area contributed by atoms with Gasteiger partial charge in [-0.2, -0.15) is 0 Å². The van der Waals surface area contributed by atoms with Crippen molar-refractivity contribution >= 4 is 54.3 Å². The molecular weight excluding hydrogens is 544 g/mol. The Hall–Kier alpha value is -5.66. The Morgan fingerprint density at radius 1 is 0.422 bits per heavy atom. The minimum Gasteiger partial charge on any atom is -0.456 e. The zero-order valence-electron chi connectivity index (χ0n) is 47.4. The molecule has 0 aliphatic heterocycles. The van der Waals surface area contributed by atoms with Crippen LogP contribution in [0.4, 0.5) is 0 Å². The van der Waals surface area contributed by atoms with Crippen LogP contribution in [0.3, 0.4) is 0 Å². The third-order valence-electron chi connectivity index (χ3n) is 7.51. The van der Waals surface area contributed by atoms with Crippen LogP contribution in [0, 0.1) is 13.8 Å². The Balaban J connectivity index is 1.49. The molecular formula is C44H30O. The molecule has 0 saturated heterocycles. The lowest BCUT2D eigenvalue weighted by atomic mass is 9.84. The number of hydrogen-bond acceptors (Lipinski definition) is 1. The monoisotopic (exact) mass is 598 g/mol. The molecule has 0 bridgehead atoms. The normalized spacial score (nSPS) is 19.2. The summed E-state index contributed by atoms with van der Waals surface area (Å²) in [5, 5.41) is -3.50. The zero-order chi connectivity index (χ0) is 51.0. The highest BCUT2D eigenvalue weighted by molar-refractivity contribution is 6.21. The van der Waals surface area contributed by atoms with Gasteiger partial charge in [0.1, 0.15) is 11.2 Å². The second kappa shape index (κ2) is 9.94. The van der Waals surface area contributed by atoms with Gasteiger partial charge in [-0.15, -0.1) is 0 Å². The van der Waals surface area contributed by atoms with Crippen molar-refractivity contribution in [2.24, 2.45) is 0 Å². The van der Waals surface area contributed by atoms with Crippen molar-refractivity contribution in [3.8, 4) is 33.4 Å². The van der Waals surface area contributed by atoms with E-state index in [-0.39, 0.29) is 38.4 Å². The molecule has 0 spiro atoms. The second-order valence-corrected chi connectivity index (χ2v) is 10.3. The molecule has 8 aromatic carbocycles. The summed E-state index contributed by atoms with van der Waals surface area (Å²) in [6.07, 6.45) is 0.